The van der Waals surface area contributed by atoms with E-state index in [2.05, 4.69) is 15.5 Å². The fraction of sp³-hybridized carbons (Fsp3) is 0.417. The first-order valence-electron chi connectivity index (χ1n) is 5.81. The Labute approximate surface area is 105 Å². The van der Waals surface area contributed by atoms with Crippen molar-refractivity contribution in [2.45, 2.75) is 18.9 Å². The molecule has 2 aromatic rings. The average Bonchev–Trinajstić information content (AvgIpc) is 2.86. The summed E-state index contributed by atoms with van der Waals surface area (Å²) in [6, 6.07) is 9.67. The van der Waals surface area contributed by atoms with Crippen molar-refractivity contribution in [3.63, 3.8) is 0 Å². The van der Waals surface area contributed by atoms with Crippen LogP contribution in [0.25, 0.3) is 5.69 Å². The fourth-order valence-corrected chi connectivity index (χ4v) is 1.70. The van der Waals surface area contributed by atoms with Gasteiger partial charge in [-0.25, -0.2) is 0 Å². The Hall–Kier alpha value is -1.79. The van der Waals surface area contributed by atoms with E-state index in [0.29, 0.717) is 19.4 Å². The summed E-state index contributed by atoms with van der Waals surface area (Å²) in [5.74, 6) is 0.733. The molecule has 1 atom stereocenters. The molecule has 0 aliphatic carbocycles. The third-order valence-electron chi connectivity index (χ3n) is 2.60. The first kappa shape index (κ1) is 12.7. The van der Waals surface area contributed by atoms with E-state index in [0.717, 1.165) is 11.5 Å². The van der Waals surface area contributed by atoms with E-state index in [1.807, 2.05) is 30.3 Å². The van der Waals surface area contributed by atoms with Crippen molar-refractivity contribution in [1.29, 1.82) is 0 Å². The second-order valence-electron chi connectivity index (χ2n) is 3.99. The molecule has 0 fully saturated rings. The van der Waals surface area contributed by atoms with E-state index in [4.69, 9.17) is 4.74 Å². The molecule has 1 aromatic heterocycles. The van der Waals surface area contributed by atoms with E-state index in [9.17, 15) is 5.11 Å². The lowest BCUT2D eigenvalue weighted by Crippen LogP contribution is -2.16. The van der Waals surface area contributed by atoms with Crippen molar-refractivity contribution >= 4 is 0 Å². The van der Waals surface area contributed by atoms with Gasteiger partial charge in [0.05, 0.1) is 18.4 Å². The number of ether oxygens (including phenoxy) is 1. The van der Waals surface area contributed by atoms with Gasteiger partial charge in [0.2, 0.25) is 0 Å². The molecule has 0 aliphatic rings. The number of benzene rings is 1. The van der Waals surface area contributed by atoms with E-state index in [-0.39, 0.29) is 0 Å². The summed E-state index contributed by atoms with van der Waals surface area (Å²) in [7, 11) is 1.57. The van der Waals surface area contributed by atoms with Crippen LogP contribution < -0.4 is 0 Å². The number of rotatable bonds is 6. The molecule has 1 unspecified atom stereocenters. The number of aliphatic hydroxyl groups is 1. The summed E-state index contributed by atoms with van der Waals surface area (Å²) in [4.78, 5) is 0. The van der Waals surface area contributed by atoms with Gasteiger partial charge in [-0.05, 0) is 29.0 Å². The Bertz CT molecular complexity index is 472. The van der Waals surface area contributed by atoms with E-state index in [1.165, 1.54) is 0 Å². The SMILES string of the molecule is COCC(O)CCc1nnnn1-c1ccccc1. The van der Waals surface area contributed by atoms with E-state index in [1.54, 1.807) is 11.8 Å². The van der Waals surface area contributed by atoms with Crippen LogP contribution in [0.2, 0.25) is 0 Å². The van der Waals surface area contributed by atoms with Crippen LogP contribution in [0.15, 0.2) is 30.3 Å². The van der Waals surface area contributed by atoms with Crippen LogP contribution in [-0.4, -0.2) is 45.1 Å². The quantitative estimate of drug-likeness (QED) is 0.810. The third kappa shape index (κ3) is 3.12. The second-order valence-corrected chi connectivity index (χ2v) is 3.99. The summed E-state index contributed by atoms with van der Waals surface area (Å²) in [6.07, 6.45) is 0.684. The molecular weight excluding hydrogens is 232 g/mol. The highest BCUT2D eigenvalue weighted by Gasteiger charge is 2.10. The molecule has 0 amide bonds. The lowest BCUT2D eigenvalue weighted by atomic mass is 10.2. The maximum absolute atomic E-state index is 9.61. The van der Waals surface area contributed by atoms with Gasteiger partial charge in [0.25, 0.3) is 0 Å². The van der Waals surface area contributed by atoms with Crippen LogP contribution in [0.5, 0.6) is 0 Å². The maximum Gasteiger partial charge on any atom is 0.156 e. The highest BCUT2D eigenvalue weighted by Crippen LogP contribution is 2.09. The number of aryl methyl sites for hydroxylation is 1. The Balaban J connectivity index is 2.05. The number of hydrogen-bond donors (Lipinski definition) is 1. The fourth-order valence-electron chi connectivity index (χ4n) is 1.70. The molecule has 2 rings (SSSR count). The van der Waals surface area contributed by atoms with Crippen molar-refractivity contribution < 1.29 is 9.84 Å². The number of nitrogens with zero attached hydrogens (tertiary/aromatic N) is 4. The maximum atomic E-state index is 9.61. The molecule has 6 nitrogen and oxygen atoms in total. The molecule has 1 heterocycles. The number of aromatic nitrogens is 4. The Kier molecular flexibility index (Phi) is 4.38. The standard InChI is InChI=1S/C12H16N4O2/c1-18-9-11(17)7-8-12-13-14-15-16(12)10-5-3-2-4-6-10/h2-6,11,17H,7-9H2,1H3. The van der Waals surface area contributed by atoms with Crippen LogP contribution in [0.1, 0.15) is 12.2 Å². The molecule has 0 saturated carbocycles. The molecule has 18 heavy (non-hydrogen) atoms. The second kappa shape index (κ2) is 6.23. The van der Waals surface area contributed by atoms with Gasteiger partial charge in [0.15, 0.2) is 5.82 Å². The molecule has 0 saturated heterocycles. The van der Waals surface area contributed by atoms with Crippen molar-refractivity contribution in [2.24, 2.45) is 0 Å². The normalized spacial score (nSPS) is 12.6. The van der Waals surface area contributed by atoms with Gasteiger partial charge < -0.3 is 9.84 Å². The summed E-state index contributed by atoms with van der Waals surface area (Å²) in [5.41, 5.74) is 0.915. The highest BCUT2D eigenvalue weighted by atomic mass is 16.5. The number of methoxy groups -OCH3 is 1. The lowest BCUT2D eigenvalue weighted by molar-refractivity contribution is 0.0591. The molecule has 0 spiro atoms. The highest BCUT2D eigenvalue weighted by molar-refractivity contribution is 5.30. The first-order valence-corrected chi connectivity index (χ1v) is 5.81. The minimum atomic E-state index is -0.490. The summed E-state index contributed by atoms with van der Waals surface area (Å²) in [6.45, 7) is 0.326. The molecular formula is C12H16N4O2. The molecule has 0 radical (unpaired) electrons. The molecule has 1 aromatic carbocycles. The van der Waals surface area contributed by atoms with Crippen molar-refractivity contribution in [1.82, 2.24) is 20.2 Å². The zero-order valence-corrected chi connectivity index (χ0v) is 10.2. The third-order valence-corrected chi connectivity index (χ3v) is 2.60. The molecule has 1 N–H and O–H groups in total. The minimum Gasteiger partial charge on any atom is -0.391 e. The smallest absolute Gasteiger partial charge is 0.156 e. The van der Waals surface area contributed by atoms with Gasteiger partial charge in [-0.3, -0.25) is 0 Å². The van der Waals surface area contributed by atoms with E-state index < -0.39 is 6.10 Å². The molecule has 0 bridgehead atoms. The minimum absolute atomic E-state index is 0.326. The van der Waals surface area contributed by atoms with Crippen molar-refractivity contribution in [3.05, 3.63) is 36.2 Å². The molecule has 6 heteroatoms. The zero-order valence-electron chi connectivity index (χ0n) is 10.2. The monoisotopic (exact) mass is 248 g/mol. The van der Waals surface area contributed by atoms with Crippen LogP contribution in [0.4, 0.5) is 0 Å². The van der Waals surface area contributed by atoms with Crippen molar-refractivity contribution in [2.75, 3.05) is 13.7 Å². The lowest BCUT2D eigenvalue weighted by Gasteiger charge is -2.08. The summed E-state index contributed by atoms with van der Waals surface area (Å²) >= 11 is 0. The van der Waals surface area contributed by atoms with Gasteiger partial charge in [0, 0.05) is 13.5 Å². The number of hydrogen-bond acceptors (Lipinski definition) is 5. The molecule has 96 valence electrons. The topological polar surface area (TPSA) is 73.1 Å². The Morgan fingerprint density at radius 1 is 1.33 bits per heavy atom. The summed E-state index contributed by atoms with van der Waals surface area (Å²) < 4.78 is 6.56. The van der Waals surface area contributed by atoms with Gasteiger partial charge in [0.1, 0.15) is 0 Å². The zero-order chi connectivity index (χ0) is 12.8. The Morgan fingerprint density at radius 2 is 2.11 bits per heavy atom. The Morgan fingerprint density at radius 3 is 2.83 bits per heavy atom. The van der Waals surface area contributed by atoms with Gasteiger partial charge >= 0.3 is 0 Å². The van der Waals surface area contributed by atoms with Crippen LogP contribution in [0, 0.1) is 0 Å². The average molecular weight is 248 g/mol. The van der Waals surface area contributed by atoms with E-state index >= 15 is 0 Å². The van der Waals surface area contributed by atoms with Crippen LogP contribution in [-0.2, 0) is 11.2 Å². The summed E-state index contributed by atoms with van der Waals surface area (Å²) in [5, 5.41) is 21.2. The molecule has 0 aliphatic heterocycles. The number of tetrazole rings is 1. The van der Waals surface area contributed by atoms with Gasteiger partial charge in [-0.15, -0.1) is 5.10 Å². The predicted molar refractivity (Wildman–Crippen MR) is 65.4 cm³/mol. The van der Waals surface area contributed by atoms with Gasteiger partial charge in [-0.2, -0.15) is 4.68 Å². The van der Waals surface area contributed by atoms with Gasteiger partial charge in [-0.1, -0.05) is 18.2 Å². The van der Waals surface area contributed by atoms with Crippen LogP contribution >= 0.6 is 0 Å². The largest absolute Gasteiger partial charge is 0.391 e. The first-order chi connectivity index (χ1) is 8.81. The predicted octanol–water partition coefficient (Wildman–Crippen LogP) is 0.602. The number of aliphatic hydroxyl groups excluding tert-OH is 1. The van der Waals surface area contributed by atoms with Crippen molar-refractivity contribution in [3.8, 4) is 5.69 Å². The van der Waals surface area contributed by atoms with Crippen LogP contribution in [0.3, 0.4) is 0 Å². The number of para-hydroxylation sites is 1.